The molecule has 2 aliphatic rings. The largest absolute Gasteiger partial charge is 0.353 e. The Bertz CT molecular complexity index is 759. The molecule has 1 atom stereocenters. The van der Waals surface area contributed by atoms with E-state index in [1.807, 2.05) is 45.5 Å². The Morgan fingerprint density at radius 1 is 1.21 bits per heavy atom. The summed E-state index contributed by atoms with van der Waals surface area (Å²) in [5.41, 5.74) is 2.23. The van der Waals surface area contributed by atoms with Gasteiger partial charge in [-0.2, -0.15) is 0 Å². The lowest BCUT2D eigenvalue weighted by atomic mass is 10.1. The van der Waals surface area contributed by atoms with Crippen molar-refractivity contribution >= 4 is 28.8 Å². The van der Waals surface area contributed by atoms with Crippen LogP contribution >= 0.6 is 11.3 Å². The zero-order valence-corrected chi connectivity index (χ0v) is 14.1. The number of hydrogen-bond donors (Lipinski definition) is 1. The van der Waals surface area contributed by atoms with Gasteiger partial charge >= 0.3 is 0 Å². The molecule has 2 amide bonds. The quantitative estimate of drug-likeness (QED) is 0.926. The number of nitrogens with one attached hydrogen (secondary N) is 1. The van der Waals surface area contributed by atoms with Crippen LogP contribution in [0.1, 0.15) is 16.5 Å². The zero-order chi connectivity index (χ0) is 16.5. The molecule has 0 unspecified atom stereocenters. The molecule has 2 aromatic rings. The van der Waals surface area contributed by atoms with Crippen molar-refractivity contribution in [2.45, 2.75) is 12.5 Å². The minimum Gasteiger partial charge on any atom is -0.353 e. The molecule has 6 heteroatoms. The number of anilines is 1. The SMILES string of the molecule is O=C1NCCN(CC(=O)N2CCc3ccccc32)[C@@H]1c1cccs1. The van der Waals surface area contributed by atoms with Gasteiger partial charge in [0.25, 0.3) is 0 Å². The Morgan fingerprint density at radius 3 is 2.92 bits per heavy atom. The van der Waals surface area contributed by atoms with E-state index in [2.05, 4.69) is 11.4 Å². The summed E-state index contributed by atoms with van der Waals surface area (Å²) < 4.78 is 0. The van der Waals surface area contributed by atoms with Crippen LogP contribution < -0.4 is 10.2 Å². The molecule has 1 saturated heterocycles. The fraction of sp³-hybridized carbons (Fsp3) is 0.333. The number of para-hydroxylation sites is 1. The number of piperazine rings is 1. The monoisotopic (exact) mass is 341 g/mol. The molecule has 2 aliphatic heterocycles. The van der Waals surface area contributed by atoms with E-state index in [4.69, 9.17) is 0 Å². The first-order chi connectivity index (χ1) is 11.7. The lowest BCUT2D eigenvalue weighted by Crippen LogP contribution is -2.52. The number of thiophene rings is 1. The smallest absolute Gasteiger partial charge is 0.242 e. The van der Waals surface area contributed by atoms with Crippen LogP contribution in [0.3, 0.4) is 0 Å². The maximum atomic E-state index is 12.9. The molecule has 1 N–H and O–H groups in total. The number of rotatable bonds is 3. The van der Waals surface area contributed by atoms with E-state index < -0.39 is 0 Å². The molecular weight excluding hydrogens is 322 g/mol. The van der Waals surface area contributed by atoms with Crippen LogP contribution in [0.15, 0.2) is 41.8 Å². The van der Waals surface area contributed by atoms with Crippen molar-refractivity contribution in [1.29, 1.82) is 0 Å². The molecule has 4 rings (SSSR count). The molecule has 0 saturated carbocycles. The first-order valence-corrected chi connectivity index (χ1v) is 9.05. The summed E-state index contributed by atoms with van der Waals surface area (Å²) in [7, 11) is 0. The maximum Gasteiger partial charge on any atom is 0.242 e. The fourth-order valence-electron chi connectivity index (χ4n) is 3.50. The van der Waals surface area contributed by atoms with Gasteiger partial charge in [0.05, 0.1) is 6.54 Å². The molecule has 0 spiro atoms. The second kappa shape index (κ2) is 6.37. The van der Waals surface area contributed by atoms with E-state index in [-0.39, 0.29) is 24.4 Å². The highest BCUT2D eigenvalue weighted by atomic mass is 32.1. The first-order valence-electron chi connectivity index (χ1n) is 8.17. The number of carbonyl (C=O) groups excluding carboxylic acids is 2. The summed E-state index contributed by atoms with van der Waals surface area (Å²) in [5.74, 6) is 0.0505. The van der Waals surface area contributed by atoms with Gasteiger partial charge in [-0.1, -0.05) is 24.3 Å². The average Bonchev–Trinajstić information content (AvgIpc) is 3.24. The van der Waals surface area contributed by atoms with Crippen molar-refractivity contribution in [3.8, 4) is 0 Å². The Labute approximate surface area is 144 Å². The molecule has 124 valence electrons. The topological polar surface area (TPSA) is 52.7 Å². The molecule has 1 aromatic heterocycles. The minimum absolute atomic E-state index is 0.0154. The molecule has 5 nitrogen and oxygen atoms in total. The molecule has 1 aromatic carbocycles. The highest BCUT2D eigenvalue weighted by Crippen LogP contribution is 2.30. The van der Waals surface area contributed by atoms with Crippen LogP contribution in [0, 0.1) is 0 Å². The third-order valence-corrected chi connectivity index (χ3v) is 5.58. The third kappa shape index (κ3) is 2.72. The van der Waals surface area contributed by atoms with E-state index in [1.54, 1.807) is 11.3 Å². The number of nitrogens with zero attached hydrogens (tertiary/aromatic N) is 2. The Kier molecular flexibility index (Phi) is 4.08. The van der Waals surface area contributed by atoms with Crippen LogP contribution in [0.5, 0.6) is 0 Å². The van der Waals surface area contributed by atoms with Gasteiger partial charge in [0.15, 0.2) is 0 Å². The molecule has 24 heavy (non-hydrogen) atoms. The van der Waals surface area contributed by atoms with Crippen molar-refractivity contribution in [2.75, 3.05) is 31.1 Å². The number of amides is 2. The van der Waals surface area contributed by atoms with Gasteiger partial charge < -0.3 is 10.2 Å². The van der Waals surface area contributed by atoms with Crippen LogP contribution in [-0.4, -0.2) is 42.9 Å². The van der Waals surface area contributed by atoms with E-state index in [0.29, 0.717) is 13.1 Å². The predicted molar refractivity (Wildman–Crippen MR) is 94.1 cm³/mol. The van der Waals surface area contributed by atoms with Gasteiger partial charge in [0, 0.05) is 30.2 Å². The molecule has 1 fully saturated rings. The summed E-state index contributed by atoms with van der Waals surface area (Å²) in [6.07, 6.45) is 0.900. The van der Waals surface area contributed by atoms with Crippen LogP contribution in [0.2, 0.25) is 0 Å². The summed E-state index contributed by atoms with van der Waals surface area (Å²) in [5, 5.41) is 4.88. The fourth-order valence-corrected chi connectivity index (χ4v) is 4.35. The van der Waals surface area contributed by atoms with E-state index in [9.17, 15) is 9.59 Å². The van der Waals surface area contributed by atoms with E-state index >= 15 is 0 Å². The third-order valence-electron chi connectivity index (χ3n) is 4.65. The zero-order valence-electron chi connectivity index (χ0n) is 13.3. The number of fused-ring (bicyclic) bond motifs is 1. The van der Waals surface area contributed by atoms with Crippen LogP contribution in [0.25, 0.3) is 0 Å². The van der Waals surface area contributed by atoms with Crippen molar-refractivity contribution in [2.24, 2.45) is 0 Å². The van der Waals surface area contributed by atoms with Crippen molar-refractivity contribution in [3.63, 3.8) is 0 Å². The van der Waals surface area contributed by atoms with Crippen molar-refractivity contribution < 1.29 is 9.59 Å². The number of benzene rings is 1. The number of carbonyl (C=O) groups is 2. The van der Waals surface area contributed by atoms with E-state index in [0.717, 1.165) is 23.5 Å². The molecule has 0 aliphatic carbocycles. The maximum absolute atomic E-state index is 12.9. The second-order valence-corrected chi connectivity index (χ2v) is 7.08. The average molecular weight is 341 g/mol. The van der Waals surface area contributed by atoms with E-state index in [1.165, 1.54) is 5.56 Å². The predicted octanol–water partition coefficient (Wildman–Crippen LogP) is 1.81. The summed E-state index contributed by atoms with van der Waals surface area (Å²) >= 11 is 1.56. The Balaban J connectivity index is 1.53. The summed E-state index contributed by atoms with van der Waals surface area (Å²) in [4.78, 5) is 30.0. The second-order valence-electron chi connectivity index (χ2n) is 6.10. The summed E-state index contributed by atoms with van der Waals surface area (Å²) in [6.45, 7) is 2.27. The summed E-state index contributed by atoms with van der Waals surface area (Å²) in [6, 6.07) is 11.6. The minimum atomic E-state index is -0.361. The van der Waals surface area contributed by atoms with Gasteiger partial charge in [0.2, 0.25) is 11.8 Å². The Hall–Kier alpha value is -2.18. The van der Waals surface area contributed by atoms with Gasteiger partial charge in [0.1, 0.15) is 6.04 Å². The lowest BCUT2D eigenvalue weighted by molar-refractivity contribution is -0.131. The van der Waals surface area contributed by atoms with Gasteiger partial charge in [-0.25, -0.2) is 0 Å². The number of hydrogen-bond acceptors (Lipinski definition) is 4. The van der Waals surface area contributed by atoms with Gasteiger partial charge in [-0.3, -0.25) is 14.5 Å². The highest BCUT2D eigenvalue weighted by molar-refractivity contribution is 7.10. The molecule has 3 heterocycles. The normalized spacial score (nSPS) is 20.8. The van der Waals surface area contributed by atoms with Gasteiger partial charge in [-0.15, -0.1) is 11.3 Å². The van der Waals surface area contributed by atoms with Crippen molar-refractivity contribution in [3.05, 3.63) is 52.2 Å². The van der Waals surface area contributed by atoms with Gasteiger partial charge in [-0.05, 0) is 29.5 Å². The first kappa shape index (κ1) is 15.4. The van der Waals surface area contributed by atoms with Crippen molar-refractivity contribution in [1.82, 2.24) is 10.2 Å². The Morgan fingerprint density at radius 2 is 2.08 bits per heavy atom. The van der Waals surface area contributed by atoms with Crippen LogP contribution in [-0.2, 0) is 16.0 Å². The highest BCUT2D eigenvalue weighted by Gasteiger charge is 2.34. The molecule has 0 radical (unpaired) electrons. The standard InChI is InChI=1S/C18H19N3O2S/c22-16(21-9-7-13-4-1-2-5-14(13)21)12-20-10-8-19-18(23)17(20)15-6-3-11-24-15/h1-6,11,17H,7-10,12H2,(H,19,23)/t17-/m1/s1. The lowest BCUT2D eigenvalue weighted by Gasteiger charge is -2.34. The molecule has 0 bridgehead atoms. The molecular formula is C18H19N3O2S. The van der Waals surface area contributed by atoms with Crippen LogP contribution in [0.4, 0.5) is 5.69 Å².